The van der Waals surface area contributed by atoms with Crippen LogP contribution in [-0.4, -0.2) is 18.2 Å². The summed E-state index contributed by atoms with van der Waals surface area (Å²) in [4.78, 5) is 11.3. The summed E-state index contributed by atoms with van der Waals surface area (Å²) in [6, 6.07) is 7.39. The topological polar surface area (TPSA) is 46.5 Å². The van der Waals surface area contributed by atoms with Crippen LogP contribution in [0.5, 0.6) is 5.75 Å². The predicted octanol–water partition coefficient (Wildman–Crippen LogP) is 2.69. The van der Waals surface area contributed by atoms with Crippen LogP contribution < -0.4 is 0 Å². The summed E-state index contributed by atoms with van der Waals surface area (Å²) < 4.78 is 4.73. The number of para-hydroxylation sites is 1. The van der Waals surface area contributed by atoms with Gasteiger partial charge in [0, 0.05) is 0 Å². The number of hydrogen-bond donors (Lipinski definition) is 1. The van der Waals surface area contributed by atoms with Crippen molar-refractivity contribution >= 4 is 5.97 Å². The van der Waals surface area contributed by atoms with Gasteiger partial charge in [-0.05, 0) is 36.3 Å². The van der Waals surface area contributed by atoms with Crippen LogP contribution in [-0.2, 0) is 9.53 Å². The van der Waals surface area contributed by atoms with Gasteiger partial charge in [-0.1, -0.05) is 25.1 Å². The van der Waals surface area contributed by atoms with Crippen molar-refractivity contribution in [3.8, 4) is 5.75 Å². The Morgan fingerprint density at radius 3 is 2.88 bits per heavy atom. The first kappa shape index (κ1) is 12.0. The molecular formula is C14H18O3. The summed E-state index contributed by atoms with van der Waals surface area (Å²) in [7, 11) is 1.43. The van der Waals surface area contributed by atoms with Crippen molar-refractivity contribution in [3.05, 3.63) is 29.8 Å². The molecule has 1 aromatic carbocycles. The third-order valence-corrected chi connectivity index (χ3v) is 3.55. The van der Waals surface area contributed by atoms with Gasteiger partial charge in [0.2, 0.25) is 0 Å². The predicted molar refractivity (Wildman–Crippen MR) is 64.8 cm³/mol. The van der Waals surface area contributed by atoms with Gasteiger partial charge in [0.1, 0.15) is 5.75 Å². The first-order valence-corrected chi connectivity index (χ1v) is 5.99. The summed E-state index contributed by atoms with van der Waals surface area (Å²) in [5, 5.41) is 9.74. The normalized spacial score (nSPS) is 24.1. The Balaban J connectivity index is 1.93. The Hall–Kier alpha value is -1.51. The zero-order chi connectivity index (χ0) is 12.4. The Morgan fingerprint density at radius 2 is 2.24 bits per heavy atom. The summed E-state index contributed by atoms with van der Waals surface area (Å²) in [5.41, 5.74) is 0.961. The van der Waals surface area contributed by atoms with E-state index in [1.165, 1.54) is 7.11 Å². The lowest BCUT2D eigenvalue weighted by atomic mass is 9.94. The van der Waals surface area contributed by atoms with E-state index in [4.69, 9.17) is 4.74 Å². The molecule has 0 aliphatic heterocycles. The molecule has 1 fully saturated rings. The van der Waals surface area contributed by atoms with E-state index >= 15 is 0 Å². The molecule has 1 N–H and O–H groups in total. The van der Waals surface area contributed by atoms with Gasteiger partial charge >= 0.3 is 5.97 Å². The highest BCUT2D eigenvalue weighted by molar-refractivity contribution is 5.75. The second-order valence-electron chi connectivity index (χ2n) is 4.82. The fourth-order valence-electron chi connectivity index (χ4n) is 2.43. The largest absolute Gasteiger partial charge is 0.508 e. The number of carbonyl (C=O) groups is 1. The first-order chi connectivity index (χ1) is 8.13. The molecule has 0 saturated heterocycles. The number of benzene rings is 1. The number of phenolic OH excluding ortho intramolecular Hbond substituents is 1. The van der Waals surface area contributed by atoms with E-state index < -0.39 is 0 Å². The van der Waals surface area contributed by atoms with E-state index in [2.05, 4.69) is 6.92 Å². The second kappa shape index (κ2) is 4.78. The van der Waals surface area contributed by atoms with Gasteiger partial charge in [-0.3, -0.25) is 4.79 Å². The van der Waals surface area contributed by atoms with Crippen molar-refractivity contribution in [1.29, 1.82) is 0 Å². The highest BCUT2D eigenvalue weighted by Crippen LogP contribution is 2.46. The van der Waals surface area contributed by atoms with Crippen LogP contribution >= 0.6 is 0 Å². The van der Waals surface area contributed by atoms with Gasteiger partial charge < -0.3 is 9.84 Å². The number of aromatic hydroxyl groups is 1. The molecule has 0 bridgehead atoms. The van der Waals surface area contributed by atoms with Crippen LogP contribution in [0, 0.1) is 11.8 Å². The fourth-order valence-corrected chi connectivity index (χ4v) is 2.43. The van der Waals surface area contributed by atoms with Gasteiger partial charge in [-0.25, -0.2) is 0 Å². The molecule has 92 valence electrons. The third-order valence-electron chi connectivity index (χ3n) is 3.55. The number of hydrogen-bond acceptors (Lipinski definition) is 3. The quantitative estimate of drug-likeness (QED) is 0.815. The lowest BCUT2D eigenvalue weighted by Crippen LogP contribution is -2.05. The van der Waals surface area contributed by atoms with Gasteiger partial charge in [0.25, 0.3) is 0 Å². The van der Waals surface area contributed by atoms with Crippen LogP contribution in [0.25, 0.3) is 0 Å². The molecule has 1 aliphatic rings. The smallest absolute Gasteiger partial charge is 0.308 e. The molecule has 1 aliphatic carbocycles. The molecule has 3 heteroatoms. The molecule has 0 radical (unpaired) electrons. The zero-order valence-electron chi connectivity index (χ0n) is 10.2. The van der Waals surface area contributed by atoms with Gasteiger partial charge in [-0.15, -0.1) is 0 Å². The van der Waals surface area contributed by atoms with E-state index in [1.807, 2.05) is 18.2 Å². The van der Waals surface area contributed by atoms with Crippen molar-refractivity contribution in [2.24, 2.45) is 11.8 Å². The Labute approximate surface area is 101 Å². The van der Waals surface area contributed by atoms with Gasteiger partial charge in [0.15, 0.2) is 0 Å². The zero-order valence-corrected chi connectivity index (χ0v) is 10.2. The number of methoxy groups -OCH3 is 1. The maximum absolute atomic E-state index is 11.3. The molecule has 0 amide bonds. The molecule has 2 rings (SSSR count). The van der Waals surface area contributed by atoms with Gasteiger partial charge in [0.05, 0.1) is 13.0 Å². The van der Waals surface area contributed by atoms with E-state index in [1.54, 1.807) is 6.07 Å². The molecule has 1 aromatic rings. The molecule has 3 nitrogen and oxygen atoms in total. The Kier molecular flexibility index (Phi) is 3.36. The summed E-state index contributed by atoms with van der Waals surface area (Å²) in [6.45, 7) is 2.09. The summed E-state index contributed by atoms with van der Waals surface area (Å²) in [5.74, 6) is 1.01. The van der Waals surface area contributed by atoms with Crippen molar-refractivity contribution < 1.29 is 14.6 Å². The summed E-state index contributed by atoms with van der Waals surface area (Å²) in [6.07, 6.45) is 1.85. The SMILES string of the molecule is COC(=O)C1CC1CC(C)c1ccccc1O. The number of ether oxygens (including phenoxy) is 1. The Morgan fingerprint density at radius 1 is 1.53 bits per heavy atom. The minimum atomic E-state index is -0.0977. The van der Waals surface area contributed by atoms with Gasteiger partial charge in [-0.2, -0.15) is 0 Å². The van der Waals surface area contributed by atoms with Crippen LogP contribution in [0.2, 0.25) is 0 Å². The molecule has 0 spiro atoms. The number of esters is 1. The van der Waals surface area contributed by atoms with E-state index in [0.29, 0.717) is 11.7 Å². The van der Waals surface area contributed by atoms with Crippen molar-refractivity contribution in [2.45, 2.75) is 25.7 Å². The van der Waals surface area contributed by atoms with Crippen LogP contribution in [0.4, 0.5) is 0 Å². The minimum Gasteiger partial charge on any atom is -0.508 e. The second-order valence-corrected chi connectivity index (χ2v) is 4.82. The van der Waals surface area contributed by atoms with Crippen LogP contribution in [0.15, 0.2) is 24.3 Å². The molecule has 3 unspecified atom stereocenters. The van der Waals surface area contributed by atoms with Crippen LogP contribution in [0.3, 0.4) is 0 Å². The number of rotatable bonds is 4. The third kappa shape index (κ3) is 2.60. The van der Waals surface area contributed by atoms with E-state index in [-0.39, 0.29) is 17.8 Å². The lowest BCUT2D eigenvalue weighted by Gasteiger charge is -2.12. The minimum absolute atomic E-state index is 0.0771. The monoisotopic (exact) mass is 234 g/mol. The Bertz CT molecular complexity index is 414. The highest BCUT2D eigenvalue weighted by atomic mass is 16.5. The van der Waals surface area contributed by atoms with E-state index in [9.17, 15) is 9.90 Å². The molecule has 0 heterocycles. The van der Waals surface area contributed by atoms with Crippen molar-refractivity contribution in [1.82, 2.24) is 0 Å². The lowest BCUT2D eigenvalue weighted by molar-refractivity contribution is -0.142. The maximum atomic E-state index is 11.3. The molecule has 17 heavy (non-hydrogen) atoms. The average molecular weight is 234 g/mol. The number of phenols is 1. The standard InChI is InChI=1S/C14H18O3/c1-9(11-5-3-4-6-13(11)15)7-10-8-12(10)14(16)17-2/h3-6,9-10,12,15H,7-8H2,1-2H3. The van der Waals surface area contributed by atoms with Crippen molar-refractivity contribution in [3.63, 3.8) is 0 Å². The van der Waals surface area contributed by atoms with Crippen LogP contribution in [0.1, 0.15) is 31.2 Å². The molecular weight excluding hydrogens is 216 g/mol. The molecule has 3 atom stereocenters. The molecule has 1 saturated carbocycles. The molecule has 0 aromatic heterocycles. The first-order valence-electron chi connectivity index (χ1n) is 5.99. The average Bonchev–Trinajstić information content (AvgIpc) is 3.07. The fraction of sp³-hybridized carbons (Fsp3) is 0.500. The highest BCUT2D eigenvalue weighted by Gasteiger charge is 2.44. The van der Waals surface area contributed by atoms with Crippen molar-refractivity contribution in [2.75, 3.05) is 7.11 Å². The maximum Gasteiger partial charge on any atom is 0.308 e. The summed E-state index contributed by atoms with van der Waals surface area (Å²) >= 11 is 0. The number of carbonyl (C=O) groups excluding carboxylic acids is 1. The van der Waals surface area contributed by atoms with E-state index in [0.717, 1.165) is 18.4 Å².